The van der Waals surface area contributed by atoms with E-state index in [0.29, 0.717) is 23.5 Å². The van der Waals surface area contributed by atoms with Gasteiger partial charge in [-0.05, 0) is 35.4 Å². The molecule has 0 unspecified atom stereocenters. The Morgan fingerprint density at radius 2 is 0.861 bits per heavy atom. The summed E-state index contributed by atoms with van der Waals surface area (Å²) in [6.45, 7) is 6.43. The summed E-state index contributed by atoms with van der Waals surface area (Å²) in [6.07, 6.45) is 3.82. The lowest BCUT2D eigenvalue weighted by Gasteiger charge is -2.31. The Balaban J connectivity index is 1.46. The number of hydrogen-bond donors (Lipinski definition) is 0. The Labute approximate surface area is 235 Å². The molecular weight excluding hydrogens is 538 g/mol. The van der Waals surface area contributed by atoms with Crippen LogP contribution < -0.4 is 9.80 Å². The molecule has 0 atom stereocenters. The number of halogens is 4. The molecule has 196 valence electrons. The Hall–Kier alpha value is -1.86. The van der Waals surface area contributed by atoms with Crippen molar-refractivity contribution in [2.24, 2.45) is 10.2 Å². The SMILES string of the molecule is ClCCN(CCCl)c1ccc(/C=N/N2CCN(/N=C/c3ccc(N(CCCl)CCCl)cc3)CC2)cc1. The summed E-state index contributed by atoms with van der Waals surface area (Å²) < 4.78 is 0. The molecule has 3 rings (SSSR count). The Morgan fingerprint density at radius 1 is 0.556 bits per heavy atom. The van der Waals surface area contributed by atoms with Gasteiger partial charge >= 0.3 is 0 Å². The van der Waals surface area contributed by atoms with Crippen LogP contribution in [0, 0.1) is 0 Å². The molecule has 1 saturated heterocycles. The van der Waals surface area contributed by atoms with Crippen molar-refractivity contribution in [3.05, 3.63) is 59.7 Å². The standard InChI is InChI=1S/C26H34Cl4N6/c27-9-13-33(14-10-28)25-5-1-23(2-6-25)21-31-35-17-19-36(20-18-35)32-22-24-3-7-26(8-4-24)34(15-11-29)16-12-30/h1-8,21-22H,9-20H2/b31-21+,32-22+. The summed E-state index contributed by atoms with van der Waals surface area (Å²) in [6, 6.07) is 16.7. The molecule has 1 aliphatic heterocycles. The van der Waals surface area contributed by atoms with E-state index in [1.165, 1.54) is 0 Å². The molecule has 0 aromatic heterocycles. The Bertz CT molecular complexity index is 841. The Kier molecular flexibility index (Phi) is 12.8. The van der Waals surface area contributed by atoms with E-state index in [1.54, 1.807) is 0 Å². The summed E-state index contributed by atoms with van der Waals surface area (Å²) in [5, 5.41) is 13.5. The third-order valence-electron chi connectivity index (χ3n) is 5.91. The summed E-state index contributed by atoms with van der Waals surface area (Å²) >= 11 is 23.7. The fourth-order valence-electron chi connectivity index (χ4n) is 3.90. The second kappa shape index (κ2) is 16.1. The number of rotatable bonds is 14. The van der Waals surface area contributed by atoms with Gasteiger partial charge in [-0.2, -0.15) is 10.2 Å². The van der Waals surface area contributed by atoms with Crippen LogP contribution in [-0.4, -0.2) is 98.3 Å². The zero-order valence-electron chi connectivity index (χ0n) is 20.5. The van der Waals surface area contributed by atoms with Crippen molar-refractivity contribution in [1.29, 1.82) is 0 Å². The highest BCUT2D eigenvalue weighted by molar-refractivity contribution is 6.19. The van der Waals surface area contributed by atoms with Gasteiger partial charge in [0.2, 0.25) is 0 Å². The van der Waals surface area contributed by atoms with Crippen LogP contribution in [0.25, 0.3) is 0 Å². The van der Waals surface area contributed by atoms with Gasteiger partial charge in [-0.25, -0.2) is 0 Å². The fraction of sp³-hybridized carbons (Fsp3) is 0.462. The average Bonchev–Trinajstić information content (AvgIpc) is 2.92. The highest BCUT2D eigenvalue weighted by Crippen LogP contribution is 2.16. The first kappa shape index (κ1) is 28.7. The van der Waals surface area contributed by atoms with Crippen LogP contribution in [0.5, 0.6) is 0 Å². The van der Waals surface area contributed by atoms with Crippen molar-refractivity contribution in [1.82, 2.24) is 10.0 Å². The van der Waals surface area contributed by atoms with Crippen LogP contribution in [0.4, 0.5) is 11.4 Å². The van der Waals surface area contributed by atoms with Gasteiger partial charge in [-0.15, -0.1) is 46.4 Å². The highest BCUT2D eigenvalue weighted by Gasteiger charge is 2.13. The molecular formula is C26H34Cl4N6. The fourth-order valence-corrected chi connectivity index (χ4v) is 4.72. The molecule has 1 fully saturated rings. The normalized spacial score (nSPS) is 14.2. The van der Waals surface area contributed by atoms with Crippen LogP contribution in [0.2, 0.25) is 0 Å². The van der Waals surface area contributed by atoms with E-state index in [-0.39, 0.29) is 0 Å². The molecule has 0 N–H and O–H groups in total. The first-order chi connectivity index (χ1) is 17.7. The topological polar surface area (TPSA) is 37.7 Å². The zero-order chi connectivity index (χ0) is 25.6. The molecule has 2 aromatic carbocycles. The number of anilines is 2. The quantitative estimate of drug-likeness (QED) is 0.229. The van der Waals surface area contributed by atoms with E-state index in [9.17, 15) is 0 Å². The third kappa shape index (κ3) is 9.22. The summed E-state index contributed by atoms with van der Waals surface area (Å²) in [5.74, 6) is 2.30. The molecule has 0 bridgehead atoms. The first-order valence-corrected chi connectivity index (χ1v) is 14.3. The van der Waals surface area contributed by atoms with Gasteiger partial charge < -0.3 is 9.80 Å². The van der Waals surface area contributed by atoms with E-state index in [0.717, 1.165) is 74.9 Å². The Morgan fingerprint density at radius 3 is 1.14 bits per heavy atom. The maximum Gasteiger partial charge on any atom is 0.0553 e. The second-order valence-electron chi connectivity index (χ2n) is 8.31. The first-order valence-electron chi connectivity index (χ1n) is 12.2. The number of benzene rings is 2. The third-order valence-corrected chi connectivity index (χ3v) is 6.58. The van der Waals surface area contributed by atoms with Crippen molar-refractivity contribution in [2.75, 3.05) is 85.7 Å². The summed E-state index contributed by atoms with van der Waals surface area (Å²) in [5.41, 5.74) is 4.37. The number of hydrogen-bond acceptors (Lipinski definition) is 6. The van der Waals surface area contributed by atoms with Gasteiger partial charge in [0.05, 0.1) is 38.6 Å². The monoisotopic (exact) mass is 570 g/mol. The van der Waals surface area contributed by atoms with Crippen molar-refractivity contribution in [2.45, 2.75) is 0 Å². The number of piperazine rings is 1. The minimum Gasteiger partial charge on any atom is -0.369 e. The van der Waals surface area contributed by atoms with Crippen LogP contribution in [0.15, 0.2) is 58.7 Å². The molecule has 10 heteroatoms. The van der Waals surface area contributed by atoms with E-state index in [4.69, 9.17) is 46.4 Å². The van der Waals surface area contributed by atoms with E-state index in [2.05, 4.69) is 78.6 Å². The minimum absolute atomic E-state index is 0.575. The largest absolute Gasteiger partial charge is 0.369 e. The maximum absolute atomic E-state index is 5.91. The lowest BCUT2D eigenvalue weighted by Crippen LogP contribution is -2.41. The van der Waals surface area contributed by atoms with Gasteiger partial charge in [0.1, 0.15) is 0 Å². The van der Waals surface area contributed by atoms with Crippen LogP contribution in [0.3, 0.4) is 0 Å². The van der Waals surface area contributed by atoms with Gasteiger partial charge in [-0.3, -0.25) is 10.0 Å². The molecule has 2 aromatic rings. The van der Waals surface area contributed by atoms with E-state index in [1.807, 2.05) is 12.4 Å². The average molecular weight is 572 g/mol. The van der Waals surface area contributed by atoms with E-state index >= 15 is 0 Å². The maximum atomic E-state index is 5.91. The molecule has 0 aliphatic carbocycles. The van der Waals surface area contributed by atoms with Gasteiger partial charge in [0.15, 0.2) is 0 Å². The lowest BCUT2D eigenvalue weighted by molar-refractivity contribution is 0.141. The summed E-state index contributed by atoms with van der Waals surface area (Å²) in [4.78, 5) is 4.37. The smallest absolute Gasteiger partial charge is 0.0553 e. The van der Waals surface area contributed by atoms with Crippen molar-refractivity contribution in [3.8, 4) is 0 Å². The van der Waals surface area contributed by atoms with E-state index < -0.39 is 0 Å². The molecule has 6 nitrogen and oxygen atoms in total. The molecule has 36 heavy (non-hydrogen) atoms. The molecule has 0 radical (unpaired) electrons. The van der Waals surface area contributed by atoms with Crippen LogP contribution in [0.1, 0.15) is 11.1 Å². The van der Waals surface area contributed by atoms with Crippen molar-refractivity contribution >= 4 is 70.2 Å². The molecule has 0 amide bonds. The zero-order valence-corrected chi connectivity index (χ0v) is 23.5. The predicted molar refractivity (Wildman–Crippen MR) is 159 cm³/mol. The number of nitrogens with zero attached hydrogens (tertiary/aromatic N) is 6. The molecule has 1 aliphatic rings. The van der Waals surface area contributed by atoms with Crippen molar-refractivity contribution < 1.29 is 0 Å². The summed E-state index contributed by atoms with van der Waals surface area (Å²) in [7, 11) is 0. The molecule has 0 saturated carbocycles. The number of alkyl halides is 4. The van der Waals surface area contributed by atoms with Gasteiger partial charge in [0.25, 0.3) is 0 Å². The van der Waals surface area contributed by atoms with Gasteiger partial charge in [0, 0.05) is 61.1 Å². The molecule has 0 spiro atoms. The highest BCUT2D eigenvalue weighted by atomic mass is 35.5. The van der Waals surface area contributed by atoms with Gasteiger partial charge in [-0.1, -0.05) is 24.3 Å². The van der Waals surface area contributed by atoms with Crippen LogP contribution in [-0.2, 0) is 0 Å². The van der Waals surface area contributed by atoms with Crippen LogP contribution >= 0.6 is 46.4 Å². The minimum atomic E-state index is 0.575. The second-order valence-corrected chi connectivity index (χ2v) is 9.82. The van der Waals surface area contributed by atoms with Crippen molar-refractivity contribution in [3.63, 3.8) is 0 Å². The predicted octanol–water partition coefficient (Wildman–Crippen LogP) is 5.24. The molecule has 1 heterocycles. The lowest BCUT2D eigenvalue weighted by atomic mass is 10.2. The number of hydrazone groups is 2.